The summed E-state index contributed by atoms with van der Waals surface area (Å²) in [5.74, 6) is -0.872. The molecule has 0 heterocycles. The zero-order chi connectivity index (χ0) is 65.5. The number of unbranched alkanes of at least 4 members (excludes halogenated alkanes) is 16. The highest BCUT2D eigenvalue weighted by Crippen LogP contribution is 2.38. The van der Waals surface area contributed by atoms with Crippen LogP contribution in [0.5, 0.6) is 0 Å². The van der Waals surface area contributed by atoms with Crippen LogP contribution in [-0.4, -0.2) is 70.0 Å². The van der Waals surface area contributed by atoms with E-state index in [9.17, 15) is 19.0 Å². The van der Waals surface area contributed by atoms with Gasteiger partial charge in [0.05, 0.1) is 27.7 Å². The van der Waals surface area contributed by atoms with Crippen molar-refractivity contribution in [3.8, 4) is 0 Å². The topological polar surface area (TPSA) is 111 Å². The zero-order valence-electron chi connectivity index (χ0n) is 57.5. The first-order valence-corrected chi connectivity index (χ1v) is 36.6. The Hall–Kier alpha value is -5.15. The lowest BCUT2D eigenvalue weighted by Crippen LogP contribution is -2.37. The zero-order valence-corrected chi connectivity index (χ0v) is 58.4. The minimum Gasteiger partial charge on any atom is -0.756 e. The first-order chi connectivity index (χ1) is 44.0. The number of phosphoric acid groups is 1. The smallest absolute Gasteiger partial charge is 0.306 e. The Bertz CT molecular complexity index is 2220. The molecule has 0 aromatic carbocycles. The average Bonchev–Trinajstić information content (AvgIpc) is 3.58. The molecule has 0 aliphatic carbocycles. The molecule has 2 atom stereocenters. The molecule has 10 heteroatoms. The van der Waals surface area contributed by atoms with Crippen molar-refractivity contribution in [2.45, 2.75) is 251 Å². The van der Waals surface area contributed by atoms with Crippen LogP contribution in [0.15, 0.2) is 194 Å². The van der Waals surface area contributed by atoms with Crippen LogP contribution < -0.4 is 4.89 Å². The van der Waals surface area contributed by atoms with E-state index < -0.39 is 32.5 Å². The van der Waals surface area contributed by atoms with Crippen LogP contribution in [0.25, 0.3) is 0 Å². The number of carbonyl (C=O) groups excluding carboxylic acids is 2. The van der Waals surface area contributed by atoms with Gasteiger partial charge in [-0.3, -0.25) is 14.2 Å². The lowest BCUT2D eigenvalue weighted by molar-refractivity contribution is -0.870. The molecule has 0 aromatic rings. The van der Waals surface area contributed by atoms with Gasteiger partial charge in [-0.1, -0.05) is 285 Å². The number of allylic oxidation sites excluding steroid dienone is 32. The van der Waals surface area contributed by atoms with Gasteiger partial charge in [0.2, 0.25) is 0 Å². The fourth-order valence-corrected chi connectivity index (χ4v) is 9.53. The number of phosphoric ester groups is 1. The maximum absolute atomic E-state index is 12.9. The van der Waals surface area contributed by atoms with Crippen LogP contribution in [0.4, 0.5) is 0 Å². The Labute approximate surface area is 552 Å². The second-order valence-corrected chi connectivity index (χ2v) is 25.2. The number of nitrogens with zero attached hydrogens (tertiary/aromatic N) is 1. The van der Waals surface area contributed by atoms with Crippen LogP contribution in [0, 0.1) is 0 Å². The number of rotatable bonds is 62. The van der Waals surface area contributed by atoms with Gasteiger partial charge in [0.25, 0.3) is 7.82 Å². The highest BCUT2D eigenvalue weighted by molar-refractivity contribution is 7.45. The molecule has 0 aliphatic heterocycles. The first-order valence-electron chi connectivity index (χ1n) is 35.1. The van der Waals surface area contributed by atoms with Gasteiger partial charge in [0, 0.05) is 12.8 Å². The van der Waals surface area contributed by atoms with Crippen molar-refractivity contribution in [3.05, 3.63) is 194 Å². The van der Waals surface area contributed by atoms with Crippen LogP contribution in [0.2, 0.25) is 0 Å². The molecular formula is C80H128NO8P. The van der Waals surface area contributed by atoms with Gasteiger partial charge in [-0.25, -0.2) is 0 Å². The Balaban J connectivity index is 4.16. The maximum Gasteiger partial charge on any atom is 0.306 e. The van der Waals surface area contributed by atoms with Crippen molar-refractivity contribution < 1.29 is 42.1 Å². The van der Waals surface area contributed by atoms with E-state index in [0.717, 1.165) is 161 Å². The summed E-state index contributed by atoms with van der Waals surface area (Å²) in [6, 6.07) is 0. The summed E-state index contributed by atoms with van der Waals surface area (Å²) in [6.07, 6.45) is 106. The predicted octanol–water partition coefficient (Wildman–Crippen LogP) is 22.6. The van der Waals surface area contributed by atoms with Crippen molar-refractivity contribution in [1.29, 1.82) is 0 Å². The van der Waals surface area contributed by atoms with E-state index in [1.807, 2.05) is 21.1 Å². The third-order valence-corrected chi connectivity index (χ3v) is 15.1. The molecule has 90 heavy (non-hydrogen) atoms. The highest BCUT2D eigenvalue weighted by Gasteiger charge is 2.22. The maximum atomic E-state index is 12.9. The summed E-state index contributed by atoms with van der Waals surface area (Å²) in [5.41, 5.74) is 0. The molecule has 0 bridgehead atoms. The number of likely N-dealkylation sites (N-methyl/N-ethyl adjacent to an activating group) is 1. The Kier molecular flexibility index (Phi) is 64.3. The molecule has 0 fully saturated rings. The van der Waals surface area contributed by atoms with Crippen molar-refractivity contribution in [2.75, 3.05) is 47.5 Å². The standard InChI is InChI=1S/C80H128NO8P/c1-6-8-10-12-14-16-18-20-22-24-26-28-30-32-34-35-36-37-38-39-40-41-42-43-44-45-47-49-51-53-55-57-59-61-63-65-67-69-71-73-80(83)89-78(77-88-90(84,85)87-75-74-81(3,4)5)76-86-79(82)72-70-68-66-64-62-60-58-56-54-52-50-48-46-33-31-29-27-25-23-21-19-17-15-13-11-9-7-2/h8-11,14-17,20-23,26-29,32-34,36-37,39-40,42-43,45-47,50,52,56,58,78H,6-7,12-13,18-19,24-25,30-31,35,38,41,44,48-49,51,53-55,57,59-77H2,1-5H3/b10-8-,11-9-,16-14-,17-15-,22-20-,23-21-,28-26-,29-27-,34-32-,37-36-,40-39-,43-42-,46-33-,47-45-,52-50-,58-56-. The van der Waals surface area contributed by atoms with Crippen molar-refractivity contribution in [3.63, 3.8) is 0 Å². The van der Waals surface area contributed by atoms with Gasteiger partial charge in [-0.15, -0.1) is 0 Å². The first kappa shape index (κ1) is 84.8. The minimum absolute atomic E-state index is 0.0453. The van der Waals surface area contributed by atoms with E-state index in [0.29, 0.717) is 23.9 Å². The number of hydrogen-bond donors (Lipinski definition) is 0. The summed E-state index contributed by atoms with van der Waals surface area (Å²) in [7, 11) is 1.13. The Morgan fingerprint density at radius 3 is 0.889 bits per heavy atom. The fraction of sp³-hybridized carbons (Fsp3) is 0.575. The van der Waals surface area contributed by atoms with Gasteiger partial charge in [0.1, 0.15) is 19.8 Å². The Morgan fingerprint density at radius 2 is 0.600 bits per heavy atom. The number of hydrogen-bond acceptors (Lipinski definition) is 8. The van der Waals surface area contributed by atoms with Gasteiger partial charge < -0.3 is 27.9 Å². The summed E-state index contributed by atoms with van der Waals surface area (Å²) >= 11 is 0. The fourth-order valence-electron chi connectivity index (χ4n) is 8.80. The van der Waals surface area contributed by atoms with Gasteiger partial charge in [-0.2, -0.15) is 0 Å². The minimum atomic E-state index is -4.66. The van der Waals surface area contributed by atoms with Crippen LogP contribution in [0.1, 0.15) is 245 Å². The Morgan fingerprint density at radius 1 is 0.344 bits per heavy atom. The summed E-state index contributed by atoms with van der Waals surface area (Å²) < 4.78 is 34.3. The molecule has 0 aromatic heterocycles. The molecule has 506 valence electrons. The van der Waals surface area contributed by atoms with E-state index in [-0.39, 0.29) is 26.1 Å². The molecular weight excluding hydrogens is 1130 g/mol. The molecule has 9 nitrogen and oxygen atoms in total. The SMILES string of the molecule is CC/C=C\C/C=C\C/C=C\C/C=C\C/C=C\C/C=C\C/C=C\C/C=C\C/C=C\CCCCCCCCCCCCCC(=O)OC(COC(=O)CCCCCCC/C=C\C/C=C\C/C=C\C/C=C\C/C=C\C/C=C\C/C=C\CC)COP(=O)([O-])OCC[N+](C)(C)C. The molecule has 2 unspecified atom stereocenters. The van der Waals surface area contributed by atoms with Gasteiger partial charge in [0.15, 0.2) is 6.10 Å². The summed E-state index contributed by atoms with van der Waals surface area (Å²) in [4.78, 5) is 38.1. The molecule has 0 radical (unpaired) electrons. The lowest BCUT2D eigenvalue weighted by Gasteiger charge is -2.28. The normalized spacial score (nSPS) is 14.3. The third kappa shape index (κ3) is 71.9. The second kappa shape index (κ2) is 68.2. The average molecular weight is 1260 g/mol. The largest absolute Gasteiger partial charge is 0.756 e. The number of carbonyl (C=O) groups is 2. The monoisotopic (exact) mass is 1260 g/mol. The molecule has 0 saturated heterocycles. The molecule has 0 aliphatic rings. The van der Waals surface area contributed by atoms with E-state index in [1.165, 1.54) is 44.9 Å². The van der Waals surface area contributed by atoms with Crippen molar-refractivity contribution in [2.24, 2.45) is 0 Å². The van der Waals surface area contributed by atoms with E-state index >= 15 is 0 Å². The quantitative estimate of drug-likeness (QED) is 0.0195. The highest BCUT2D eigenvalue weighted by atomic mass is 31.2. The van der Waals surface area contributed by atoms with E-state index in [2.05, 4.69) is 208 Å². The van der Waals surface area contributed by atoms with Gasteiger partial charge in [-0.05, 0) is 141 Å². The summed E-state index contributed by atoms with van der Waals surface area (Å²) in [6.45, 7) is 3.96. The lowest BCUT2D eigenvalue weighted by atomic mass is 10.0. The molecule has 0 saturated carbocycles. The number of quaternary nitrogens is 1. The molecule has 0 rings (SSSR count). The molecule has 0 N–H and O–H groups in total. The molecule has 0 spiro atoms. The van der Waals surface area contributed by atoms with E-state index in [1.54, 1.807) is 0 Å². The van der Waals surface area contributed by atoms with E-state index in [4.69, 9.17) is 18.5 Å². The van der Waals surface area contributed by atoms with Crippen molar-refractivity contribution in [1.82, 2.24) is 0 Å². The number of esters is 2. The third-order valence-electron chi connectivity index (χ3n) is 14.1. The van der Waals surface area contributed by atoms with Crippen LogP contribution in [-0.2, 0) is 32.7 Å². The second-order valence-electron chi connectivity index (χ2n) is 23.8. The predicted molar refractivity (Wildman–Crippen MR) is 387 cm³/mol. The van der Waals surface area contributed by atoms with Gasteiger partial charge >= 0.3 is 11.9 Å². The number of ether oxygens (including phenoxy) is 2. The van der Waals surface area contributed by atoms with Crippen LogP contribution >= 0.6 is 7.82 Å². The van der Waals surface area contributed by atoms with Crippen molar-refractivity contribution >= 4 is 19.8 Å². The summed E-state index contributed by atoms with van der Waals surface area (Å²) in [5, 5.41) is 0. The van der Waals surface area contributed by atoms with Crippen LogP contribution in [0.3, 0.4) is 0 Å². The molecule has 0 amide bonds.